The molecule has 0 aliphatic carbocycles. The molecule has 0 aromatic carbocycles. The topological polar surface area (TPSA) is 121 Å². The first-order valence-electron chi connectivity index (χ1n) is 8.50. The van der Waals surface area contributed by atoms with Crippen molar-refractivity contribution in [2.45, 2.75) is 60.9 Å². The summed E-state index contributed by atoms with van der Waals surface area (Å²) in [5, 5.41) is 29.0. The summed E-state index contributed by atoms with van der Waals surface area (Å²) in [5.41, 5.74) is -4.69. The van der Waals surface area contributed by atoms with Crippen molar-refractivity contribution in [3.63, 3.8) is 0 Å². The number of halogens is 1. The smallest absolute Gasteiger partial charge is 0.309 e. The first-order valence-corrected chi connectivity index (χ1v) is 8.50. The van der Waals surface area contributed by atoms with E-state index in [4.69, 9.17) is 4.74 Å². The number of alkyl halides is 1. The van der Waals surface area contributed by atoms with Crippen molar-refractivity contribution < 1.29 is 38.8 Å². The van der Waals surface area contributed by atoms with E-state index in [0.29, 0.717) is 0 Å². The number of hydrogen-bond donors (Lipinski definition) is 3. The Kier molecular flexibility index (Phi) is 5.84. The average Bonchev–Trinajstić information content (AvgIpc) is 2.44. The van der Waals surface area contributed by atoms with Crippen LogP contribution in [0.15, 0.2) is 0 Å². The van der Waals surface area contributed by atoms with E-state index in [2.05, 4.69) is 0 Å². The largest absolute Gasteiger partial charge is 0.481 e. The van der Waals surface area contributed by atoms with Gasteiger partial charge < -0.3 is 20.1 Å². The highest BCUT2D eigenvalue weighted by Gasteiger charge is 2.63. The van der Waals surface area contributed by atoms with E-state index in [0.717, 1.165) is 0 Å². The number of rotatable bonds is 6. The molecule has 0 radical (unpaired) electrons. The Hall–Kier alpha value is -1.70. The first-order chi connectivity index (χ1) is 11.5. The average molecular weight is 376 g/mol. The monoisotopic (exact) mass is 376 g/mol. The molecule has 1 aliphatic rings. The van der Waals surface area contributed by atoms with Crippen molar-refractivity contribution in [2.24, 2.45) is 34.0 Å². The molecule has 1 saturated heterocycles. The van der Waals surface area contributed by atoms with Gasteiger partial charge in [0.25, 0.3) is 0 Å². The third-order valence-corrected chi connectivity index (χ3v) is 6.06. The van der Waals surface area contributed by atoms with Gasteiger partial charge in [-0.25, -0.2) is 4.39 Å². The standard InChI is InChI=1S/C18H29FO7/c1-8-9(16(2,3)13(20)21)10(17(4,5)14(22)23)11(12(19)26-8)18(6,7)15(24)25/h8-12H,1-7H3,(H,20,21)(H,22,23)(H,24,25)/t8-,9+,10+,11+,12-/m0/s1. The highest BCUT2D eigenvalue weighted by molar-refractivity contribution is 5.78. The van der Waals surface area contributed by atoms with Crippen LogP contribution in [0.1, 0.15) is 48.5 Å². The summed E-state index contributed by atoms with van der Waals surface area (Å²) < 4.78 is 20.2. The molecule has 3 N–H and O–H groups in total. The zero-order valence-corrected chi connectivity index (χ0v) is 16.2. The molecule has 0 amide bonds. The number of hydrogen-bond acceptors (Lipinski definition) is 4. The van der Waals surface area contributed by atoms with Crippen LogP contribution in [0.25, 0.3) is 0 Å². The second-order valence-corrected chi connectivity index (χ2v) is 8.85. The first kappa shape index (κ1) is 22.3. The minimum atomic E-state index is -2.03. The van der Waals surface area contributed by atoms with Gasteiger partial charge in [0.05, 0.1) is 22.3 Å². The van der Waals surface area contributed by atoms with E-state index >= 15 is 0 Å². The van der Waals surface area contributed by atoms with Crippen LogP contribution in [-0.4, -0.2) is 45.7 Å². The van der Waals surface area contributed by atoms with Crippen molar-refractivity contribution in [2.75, 3.05) is 0 Å². The molecule has 1 heterocycles. The fourth-order valence-electron chi connectivity index (χ4n) is 4.19. The molecule has 8 heteroatoms. The SMILES string of the molecule is C[C@@H]1O[C@H](F)[C@H](C(C)(C)C(=O)O)[C@H](C(C)(C)C(=O)O)[C@@H]1C(C)(C)C(=O)O. The molecule has 0 aromatic rings. The number of carboxylic acids is 3. The minimum Gasteiger partial charge on any atom is -0.481 e. The van der Waals surface area contributed by atoms with Gasteiger partial charge in [0.15, 0.2) is 0 Å². The Morgan fingerprint density at radius 1 is 0.731 bits per heavy atom. The fraction of sp³-hybridized carbons (Fsp3) is 0.833. The summed E-state index contributed by atoms with van der Waals surface area (Å²) >= 11 is 0. The van der Waals surface area contributed by atoms with Gasteiger partial charge in [0.1, 0.15) is 0 Å². The lowest BCUT2D eigenvalue weighted by Gasteiger charge is -2.55. The summed E-state index contributed by atoms with van der Waals surface area (Å²) in [6.45, 7) is 9.71. The molecular formula is C18H29FO7. The predicted molar refractivity (Wildman–Crippen MR) is 90.2 cm³/mol. The maximum absolute atomic E-state index is 14.9. The van der Waals surface area contributed by atoms with Crippen LogP contribution in [0.5, 0.6) is 0 Å². The minimum absolute atomic E-state index is 0.902. The fourth-order valence-corrected chi connectivity index (χ4v) is 4.19. The lowest BCUT2D eigenvalue weighted by atomic mass is 9.52. The van der Waals surface area contributed by atoms with Gasteiger partial charge in [-0.3, -0.25) is 14.4 Å². The Bertz CT molecular complexity index is 558. The van der Waals surface area contributed by atoms with Crippen LogP contribution in [0.2, 0.25) is 0 Å². The van der Waals surface area contributed by atoms with Gasteiger partial charge in [0, 0.05) is 11.8 Å². The Morgan fingerprint density at radius 2 is 1.04 bits per heavy atom. The molecule has 26 heavy (non-hydrogen) atoms. The Labute approximate surface area is 152 Å². The van der Waals surface area contributed by atoms with Gasteiger partial charge in [-0.1, -0.05) is 0 Å². The van der Waals surface area contributed by atoms with Crippen molar-refractivity contribution >= 4 is 17.9 Å². The van der Waals surface area contributed by atoms with Gasteiger partial charge in [0.2, 0.25) is 6.36 Å². The van der Waals surface area contributed by atoms with E-state index in [1.807, 2.05) is 0 Å². The molecule has 0 spiro atoms. The van der Waals surface area contributed by atoms with Crippen LogP contribution in [0, 0.1) is 34.0 Å². The number of ether oxygens (including phenoxy) is 1. The van der Waals surface area contributed by atoms with Crippen molar-refractivity contribution in [3.8, 4) is 0 Å². The van der Waals surface area contributed by atoms with Crippen LogP contribution in [-0.2, 0) is 19.1 Å². The molecule has 7 nitrogen and oxygen atoms in total. The lowest BCUT2D eigenvalue weighted by Crippen LogP contribution is -2.62. The predicted octanol–water partition coefficient (Wildman–Crippen LogP) is 2.88. The second kappa shape index (κ2) is 6.79. The molecule has 0 saturated carbocycles. The van der Waals surface area contributed by atoms with E-state index in [9.17, 15) is 34.1 Å². The van der Waals surface area contributed by atoms with E-state index in [-0.39, 0.29) is 0 Å². The van der Waals surface area contributed by atoms with Crippen LogP contribution < -0.4 is 0 Å². The number of carboxylic acid groups (broad SMARTS) is 3. The zero-order valence-electron chi connectivity index (χ0n) is 16.2. The second-order valence-electron chi connectivity index (χ2n) is 8.85. The van der Waals surface area contributed by atoms with Crippen LogP contribution in [0.3, 0.4) is 0 Å². The summed E-state index contributed by atoms with van der Waals surface area (Å²) in [5.74, 6) is -7.08. The van der Waals surface area contributed by atoms with Crippen LogP contribution in [0.4, 0.5) is 4.39 Å². The molecule has 0 unspecified atom stereocenters. The van der Waals surface area contributed by atoms with Gasteiger partial charge in [-0.2, -0.15) is 0 Å². The highest BCUT2D eigenvalue weighted by Crippen LogP contribution is 2.57. The molecule has 0 aromatic heterocycles. The summed E-state index contributed by atoms with van der Waals surface area (Å²) in [4.78, 5) is 35.6. The zero-order chi connectivity index (χ0) is 20.8. The van der Waals surface area contributed by atoms with Gasteiger partial charge in [-0.15, -0.1) is 0 Å². The number of aliphatic carboxylic acids is 3. The third kappa shape index (κ3) is 3.43. The quantitative estimate of drug-likeness (QED) is 0.651. The molecule has 1 aliphatic heterocycles. The Balaban J connectivity index is 3.76. The van der Waals surface area contributed by atoms with E-state index < -0.39 is 64.4 Å². The molecular weight excluding hydrogens is 347 g/mol. The molecule has 0 bridgehead atoms. The van der Waals surface area contributed by atoms with Crippen molar-refractivity contribution in [3.05, 3.63) is 0 Å². The lowest BCUT2D eigenvalue weighted by molar-refractivity contribution is -0.257. The molecule has 150 valence electrons. The maximum Gasteiger partial charge on any atom is 0.309 e. The van der Waals surface area contributed by atoms with E-state index in [1.54, 1.807) is 0 Å². The highest BCUT2D eigenvalue weighted by atomic mass is 19.1. The van der Waals surface area contributed by atoms with Gasteiger partial charge >= 0.3 is 17.9 Å². The Morgan fingerprint density at radius 3 is 1.38 bits per heavy atom. The van der Waals surface area contributed by atoms with E-state index in [1.165, 1.54) is 48.5 Å². The molecule has 1 rings (SSSR count). The van der Waals surface area contributed by atoms with Gasteiger partial charge in [-0.05, 0) is 54.4 Å². The van der Waals surface area contributed by atoms with Crippen molar-refractivity contribution in [1.29, 1.82) is 0 Å². The summed E-state index contributed by atoms with van der Waals surface area (Å²) in [6, 6.07) is 0. The molecule has 1 fully saturated rings. The third-order valence-electron chi connectivity index (χ3n) is 6.06. The normalized spacial score (nSPS) is 30.7. The van der Waals surface area contributed by atoms with Crippen LogP contribution >= 0.6 is 0 Å². The number of carbonyl (C=O) groups is 3. The summed E-state index contributed by atoms with van der Waals surface area (Å²) in [6.07, 6.45) is -2.93. The van der Waals surface area contributed by atoms with Crippen molar-refractivity contribution in [1.82, 2.24) is 0 Å². The maximum atomic E-state index is 14.9. The molecule has 5 atom stereocenters. The summed E-state index contributed by atoms with van der Waals surface area (Å²) in [7, 11) is 0.